The van der Waals surface area contributed by atoms with E-state index in [9.17, 15) is 4.79 Å². The molecule has 0 spiro atoms. The summed E-state index contributed by atoms with van der Waals surface area (Å²) in [7, 11) is 0. The van der Waals surface area contributed by atoms with E-state index in [2.05, 4.69) is 12.2 Å². The zero-order valence-corrected chi connectivity index (χ0v) is 14.3. The number of nitrogen functional groups attached to an aromatic ring is 1. The summed E-state index contributed by atoms with van der Waals surface area (Å²) >= 11 is 9.20. The summed E-state index contributed by atoms with van der Waals surface area (Å²) in [4.78, 5) is 13.9. The van der Waals surface area contributed by atoms with Crippen LogP contribution in [0.15, 0.2) is 28.5 Å². The van der Waals surface area contributed by atoms with E-state index in [-0.39, 0.29) is 5.91 Å². The number of amides is 1. The van der Waals surface area contributed by atoms with Gasteiger partial charge in [-0.25, -0.2) is 0 Å². The quantitative estimate of drug-likeness (QED) is 0.591. The van der Waals surface area contributed by atoms with Gasteiger partial charge in [-0.15, -0.1) is 23.1 Å². The van der Waals surface area contributed by atoms with Crippen molar-refractivity contribution in [2.24, 2.45) is 0 Å². The Kier molecular flexibility index (Phi) is 5.56. The second kappa shape index (κ2) is 7.20. The van der Waals surface area contributed by atoms with Crippen LogP contribution in [0.25, 0.3) is 0 Å². The van der Waals surface area contributed by atoms with Gasteiger partial charge >= 0.3 is 0 Å². The number of aryl methyl sites for hydroxylation is 1. The molecule has 6 heteroatoms. The molecule has 112 valence electrons. The largest absolute Gasteiger partial charge is 0.397 e. The fraction of sp³-hybridized carbons (Fsp3) is 0.267. The average molecular weight is 341 g/mol. The number of thioether (sulfide) groups is 1. The average Bonchev–Trinajstić information content (AvgIpc) is 2.80. The molecule has 1 aromatic heterocycles. The van der Waals surface area contributed by atoms with Gasteiger partial charge in [0.25, 0.3) is 5.91 Å². The van der Waals surface area contributed by atoms with E-state index in [4.69, 9.17) is 17.3 Å². The van der Waals surface area contributed by atoms with Gasteiger partial charge in [0.05, 0.1) is 16.4 Å². The number of carbonyl (C=O) groups is 1. The summed E-state index contributed by atoms with van der Waals surface area (Å²) in [5.41, 5.74) is 8.02. The van der Waals surface area contributed by atoms with Crippen LogP contribution in [0.4, 0.5) is 11.4 Å². The molecule has 0 unspecified atom stereocenters. The smallest absolute Gasteiger partial charge is 0.267 e. The van der Waals surface area contributed by atoms with Crippen LogP contribution in [-0.4, -0.2) is 11.7 Å². The van der Waals surface area contributed by atoms with Gasteiger partial charge in [0.15, 0.2) is 0 Å². The number of nitrogens with two attached hydrogens (primary N) is 1. The van der Waals surface area contributed by atoms with Crippen molar-refractivity contribution in [1.82, 2.24) is 0 Å². The highest BCUT2D eigenvalue weighted by Gasteiger charge is 2.15. The number of carbonyl (C=O) groups excluding carboxylic acids is 1. The highest BCUT2D eigenvalue weighted by molar-refractivity contribution is 7.99. The number of benzene rings is 1. The fourth-order valence-electron chi connectivity index (χ4n) is 1.72. The zero-order valence-electron chi connectivity index (χ0n) is 11.9. The van der Waals surface area contributed by atoms with E-state index in [1.807, 2.05) is 30.5 Å². The molecule has 0 bridgehead atoms. The summed E-state index contributed by atoms with van der Waals surface area (Å²) in [6, 6.07) is 5.68. The lowest BCUT2D eigenvalue weighted by Crippen LogP contribution is -2.12. The summed E-state index contributed by atoms with van der Waals surface area (Å²) in [6.07, 6.45) is 1.10. The summed E-state index contributed by atoms with van der Waals surface area (Å²) in [6.45, 7) is 4.01. The van der Waals surface area contributed by atoms with Crippen LogP contribution in [0.5, 0.6) is 0 Å². The van der Waals surface area contributed by atoms with Crippen molar-refractivity contribution in [3.05, 3.63) is 39.0 Å². The Hall–Kier alpha value is -1.17. The number of hydrogen-bond donors (Lipinski definition) is 2. The fourth-order valence-corrected chi connectivity index (χ4v) is 3.69. The molecule has 0 aliphatic heterocycles. The van der Waals surface area contributed by atoms with Crippen LogP contribution in [0.1, 0.15) is 28.6 Å². The van der Waals surface area contributed by atoms with Crippen LogP contribution in [-0.2, 0) is 0 Å². The first-order valence-corrected chi connectivity index (χ1v) is 8.84. The predicted molar refractivity (Wildman–Crippen MR) is 93.9 cm³/mol. The summed E-state index contributed by atoms with van der Waals surface area (Å²) in [5, 5.41) is 5.22. The maximum absolute atomic E-state index is 12.3. The van der Waals surface area contributed by atoms with Crippen molar-refractivity contribution >= 4 is 52.0 Å². The molecule has 0 aliphatic carbocycles. The second-order valence-electron chi connectivity index (χ2n) is 4.61. The molecule has 0 fully saturated rings. The van der Waals surface area contributed by atoms with Crippen LogP contribution in [0, 0.1) is 6.92 Å². The van der Waals surface area contributed by atoms with E-state index in [1.165, 1.54) is 11.3 Å². The van der Waals surface area contributed by atoms with Gasteiger partial charge in [-0.2, -0.15) is 0 Å². The molecule has 1 aromatic carbocycles. The van der Waals surface area contributed by atoms with Gasteiger partial charge in [0.1, 0.15) is 4.88 Å². The SMILES string of the molecule is CCCSc1ccc(N)c(NC(=O)c2scc(C)c2Cl)c1. The normalized spacial score (nSPS) is 10.6. The Morgan fingerprint density at radius 3 is 2.86 bits per heavy atom. The third-order valence-electron chi connectivity index (χ3n) is 2.85. The van der Waals surface area contributed by atoms with Crippen molar-refractivity contribution in [3.63, 3.8) is 0 Å². The number of halogens is 1. The molecule has 0 saturated carbocycles. The topological polar surface area (TPSA) is 55.1 Å². The molecule has 0 saturated heterocycles. The first kappa shape index (κ1) is 16.2. The lowest BCUT2D eigenvalue weighted by atomic mass is 10.2. The van der Waals surface area contributed by atoms with Crippen molar-refractivity contribution in [2.45, 2.75) is 25.2 Å². The Bertz CT molecular complexity index is 655. The van der Waals surface area contributed by atoms with E-state index < -0.39 is 0 Å². The van der Waals surface area contributed by atoms with E-state index in [1.54, 1.807) is 11.8 Å². The maximum atomic E-state index is 12.3. The van der Waals surface area contributed by atoms with Gasteiger partial charge in [0, 0.05) is 4.90 Å². The van der Waals surface area contributed by atoms with Gasteiger partial charge in [0.2, 0.25) is 0 Å². The van der Waals surface area contributed by atoms with Gasteiger partial charge in [-0.3, -0.25) is 4.79 Å². The Morgan fingerprint density at radius 2 is 2.24 bits per heavy atom. The second-order valence-corrected chi connectivity index (χ2v) is 7.04. The van der Waals surface area contributed by atoms with Gasteiger partial charge < -0.3 is 11.1 Å². The number of anilines is 2. The molecule has 21 heavy (non-hydrogen) atoms. The molecule has 2 rings (SSSR count). The first-order chi connectivity index (χ1) is 10.0. The van der Waals surface area contributed by atoms with Crippen LogP contribution >= 0.6 is 34.7 Å². The molecule has 3 N–H and O–H groups in total. The van der Waals surface area contributed by atoms with Crippen LogP contribution in [0.2, 0.25) is 5.02 Å². The van der Waals surface area contributed by atoms with E-state index >= 15 is 0 Å². The molecule has 1 amide bonds. The summed E-state index contributed by atoms with van der Waals surface area (Å²) in [5.74, 6) is 0.815. The van der Waals surface area contributed by atoms with Crippen LogP contribution < -0.4 is 11.1 Å². The Balaban J connectivity index is 2.18. The number of hydrogen-bond acceptors (Lipinski definition) is 4. The lowest BCUT2D eigenvalue weighted by molar-refractivity contribution is 0.103. The molecule has 0 aliphatic rings. The molecule has 1 heterocycles. The molecular formula is C15H17ClN2OS2. The number of nitrogens with one attached hydrogen (secondary N) is 1. The van der Waals surface area contributed by atoms with Crippen LogP contribution in [0.3, 0.4) is 0 Å². The van der Waals surface area contributed by atoms with E-state index in [0.717, 1.165) is 22.6 Å². The zero-order chi connectivity index (χ0) is 15.4. The highest BCUT2D eigenvalue weighted by Crippen LogP contribution is 2.30. The third-order valence-corrected chi connectivity index (χ3v) is 5.75. The maximum Gasteiger partial charge on any atom is 0.267 e. The van der Waals surface area contributed by atoms with Crippen molar-refractivity contribution in [2.75, 3.05) is 16.8 Å². The van der Waals surface area contributed by atoms with Crippen molar-refractivity contribution < 1.29 is 4.79 Å². The molecule has 3 nitrogen and oxygen atoms in total. The molecular weight excluding hydrogens is 324 g/mol. The molecule has 0 radical (unpaired) electrons. The van der Waals surface area contributed by atoms with Gasteiger partial charge in [-0.05, 0) is 48.2 Å². The number of rotatable bonds is 5. The highest BCUT2D eigenvalue weighted by atomic mass is 35.5. The Labute approximate surface area is 137 Å². The minimum atomic E-state index is -0.220. The summed E-state index contributed by atoms with van der Waals surface area (Å²) < 4.78 is 0. The molecule has 0 atom stereocenters. The monoisotopic (exact) mass is 340 g/mol. The Morgan fingerprint density at radius 1 is 1.48 bits per heavy atom. The minimum absolute atomic E-state index is 0.220. The van der Waals surface area contributed by atoms with Gasteiger partial charge in [-0.1, -0.05) is 18.5 Å². The van der Waals surface area contributed by atoms with Crippen molar-refractivity contribution in [1.29, 1.82) is 0 Å². The van der Waals surface area contributed by atoms with Crippen molar-refractivity contribution in [3.8, 4) is 0 Å². The third kappa shape index (κ3) is 3.93. The lowest BCUT2D eigenvalue weighted by Gasteiger charge is -2.10. The number of thiophene rings is 1. The first-order valence-electron chi connectivity index (χ1n) is 6.60. The van der Waals surface area contributed by atoms with E-state index in [0.29, 0.717) is 21.3 Å². The minimum Gasteiger partial charge on any atom is -0.397 e. The predicted octanol–water partition coefficient (Wildman–Crippen LogP) is 5.05. The molecule has 2 aromatic rings. The standard InChI is InChI=1S/C15H17ClN2OS2/c1-3-6-20-10-4-5-11(17)12(7-10)18-15(19)14-13(16)9(2)8-21-14/h4-5,7-8H,3,6,17H2,1-2H3,(H,18,19).